The van der Waals surface area contributed by atoms with Crippen molar-refractivity contribution in [2.24, 2.45) is 0 Å². The van der Waals surface area contributed by atoms with Crippen LogP contribution in [0.2, 0.25) is 0 Å². The van der Waals surface area contributed by atoms with Gasteiger partial charge in [0.25, 0.3) is 0 Å². The predicted octanol–water partition coefficient (Wildman–Crippen LogP) is 2.63. The first-order valence-electron chi connectivity index (χ1n) is 6.71. The molecule has 0 aromatic heterocycles. The monoisotopic (exact) mass is 265 g/mol. The van der Waals surface area contributed by atoms with Crippen LogP contribution in [0.5, 0.6) is 0 Å². The molecule has 0 spiro atoms. The van der Waals surface area contributed by atoms with Gasteiger partial charge in [-0.25, -0.2) is 0 Å². The van der Waals surface area contributed by atoms with Crippen molar-refractivity contribution in [3.63, 3.8) is 0 Å². The van der Waals surface area contributed by atoms with Gasteiger partial charge in [0.05, 0.1) is 13.2 Å². The maximum atomic E-state index is 11.6. The zero-order valence-corrected chi connectivity index (χ0v) is 11.8. The maximum absolute atomic E-state index is 11.6. The van der Waals surface area contributed by atoms with Gasteiger partial charge in [-0.05, 0) is 30.5 Å². The molecule has 19 heavy (non-hydrogen) atoms. The number of ether oxygens (including phenoxy) is 2. The van der Waals surface area contributed by atoms with Crippen molar-refractivity contribution >= 4 is 11.6 Å². The van der Waals surface area contributed by atoms with E-state index in [4.69, 9.17) is 9.47 Å². The summed E-state index contributed by atoms with van der Waals surface area (Å²) in [4.78, 5) is 11.6. The van der Waals surface area contributed by atoms with Gasteiger partial charge in [-0.2, -0.15) is 0 Å². The number of hydrogen-bond acceptors (Lipinski definition) is 3. The molecular weight excluding hydrogens is 242 g/mol. The second kappa shape index (κ2) is 9.53. The van der Waals surface area contributed by atoms with Crippen LogP contribution in [-0.4, -0.2) is 32.8 Å². The molecule has 0 heterocycles. The summed E-state index contributed by atoms with van der Waals surface area (Å²) in [5, 5.41) is 2.80. The number of unbranched alkanes of at least 4 members (excludes halogenated alkanes) is 1. The Hall–Kier alpha value is -1.39. The topological polar surface area (TPSA) is 47.6 Å². The molecule has 0 radical (unpaired) electrons. The Balaban J connectivity index is 2.29. The van der Waals surface area contributed by atoms with Gasteiger partial charge in [-0.1, -0.05) is 25.5 Å². The smallest absolute Gasteiger partial charge is 0.250 e. The number of benzene rings is 1. The molecule has 0 aliphatic heterocycles. The quantitative estimate of drug-likeness (QED) is 0.698. The predicted molar refractivity (Wildman–Crippen MR) is 76.4 cm³/mol. The number of amides is 1. The van der Waals surface area contributed by atoms with Crippen LogP contribution in [0.1, 0.15) is 25.3 Å². The Morgan fingerprint density at radius 2 is 1.95 bits per heavy atom. The third-order valence-corrected chi connectivity index (χ3v) is 2.72. The van der Waals surface area contributed by atoms with Crippen molar-refractivity contribution in [3.05, 3.63) is 29.8 Å². The Morgan fingerprint density at radius 1 is 1.21 bits per heavy atom. The molecule has 0 atom stereocenters. The van der Waals surface area contributed by atoms with E-state index in [2.05, 4.69) is 24.4 Å². The maximum Gasteiger partial charge on any atom is 0.250 e. The molecule has 0 fully saturated rings. The molecule has 0 aliphatic carbocycles. The summed E-state index contributed by atoms with van der Waals surface area (Å²) in [6.45, 7) is 3.17. The van der Waals surface area contributed by atoms with E-state index in [0.29, 0.717) is 13.2 Å². The average molecular weight is 265 g/mol. The number of methoxy groups -OCH3 is 1. The molecule has 0 bridgehead atoms. The first kappa shape index (κ1) is 15.7. The lowest BCUT2D eigenvalue weighted by Crippen LogP contribution is -2.19. The number of aryl methyl sites for hydroxylation is 1. The zero-order valence-electron chi connectivity index (χ0n) is 11.8. The first-order valence-corrected chi connectivity index (χ1v) is 6.71. The number of hydrogen-bond donors (Lipinski definition) is 1. The zero-order chi connectivity index (χ0) is 13.9. The van der Waals surface area contributed by atoms with Gasteiger partial charge in [0.1, 0.15) is 6.61 Å². The molecule has 1 N–H and O–H groups in total. The van der Waals surface area contributed by atoms with Crippen LogP contribution < -0.4 is 5.32 Å². The van der Waals surface area contributed by atoms with Gasteiger partial charge in [0, 0.05) is 12.8 Å². The molecule has 1 rings (SSSR count). The molecule has 0 saturated carbocycles. The minimum absolute atomic E-state index is 0.0565. The molecule has 1 amide bonds. The van der Waals surface area contributed by atoms with Gasteiger partial charge < -0.3 is 14.8 Å². The van der Waals surface area contributed by atoms with Crippen LogP contribution in [0.25, 0.3) is 0 Å². The molecule has 1 aromatic rings. The lowest BCUT2D eigenvalue weighted by Gasteiger charge is -2.07. The number of rotatable bonds is 9. The summed E-state index contributed by atoms with van der Waals surface area (Å²) in [7, 11) is 1.60. The average Bonchev–Trinajstić information content (AvgIpc) is 2.43. The van der Waals surface area contributed by atoms with E-state index in [-0.39, 0.29) is 12.5 Å². The van der Waals surface area contributed by atoms with Crippen molar-refractivity contribution in [2.75, 3.05) is 32.2 Å². The summed E-state index contributed by atoms with van der Waals surface area (Å²) in [6.07, 6.45) is 3.47. The first-order chi connectivity index (χ1) is 9.26. The highest BCUT2D eigenvalue weighted by atomic mass is 16.5. The van der Waals surface area contributed by atoms with E-state index in [9.17, 15) is 4.79 Å². The minimum atomic E-state index is -0.141. The second-order valence-electron chi connectivity index (χ2n) is 4.39. The SMILES string of the molecule is CCCCc1ccc(NC(=O)COCCOC)cc1. The van der Waals surface area contributed by atoms with E-state index in [1.54, 1.807) is 7.11 Å². The Bertz CT molecular complexity index is 362. The summed E-state index contributed by atoms with van der Waals surface area (Å²) < 4.78 is 9.98. The fourth-order valence-electron chi connectivity index (χ4n) is 1.64. The van der Waals surface area contributed by atoms with Crippen molar-refractivity contribution < 1.29 is 14.3 Å². The largest absolute Gasteiger partial charge is 0.382 e. The second-order valence-corrected chi connectivity index (χ2v) is 4.39. The molecule has 1 aromatic carbocycles. The van der Waals surface area contributed by atoms with Crippen LogP contribution >= 0.6 is 0 Å². The Kier molecular flexibility index (Phi) is 7.86. The molecule has 4 heteroatoms. The van der Waals surface area contributed by atoms with Crippen molar-refractivity contribution in [2.45, 2.75) is 26.2 Å². The van der Waals surface area contributed by atoms with E-state index in [0.717, 1.165) is 12.1 Å². The van der Waals surface area contributed by atoms with E-state index < -0.39 is 0 Å². The number of anilines is 1. The molecule has 106 valence electrons. The van der Waals surface area contributed by atoms with Crippen LogP contribution in [0.4, 0.5) is 5.69 Å². The van der Waals surface area contributed by atoms with E-state index in [1.165, 1.54) is 18.4 Å². The van der Waals surface area contributed by atoms with Gasteiger partial charge in [-0.15, -0.1) is 0 Å². The van der Waals surface area contributed by atoms with Gasteiger partial charge in [0.2, 0.25) is 5.91 Å². The Morgan fingerprint density at radius 3 is 2.58 bits per heavy atom. The number of carbonyl (C=O) groups is 1. The molecule has 0 saturated heterocycles. The van der Waals surface area contributed by atoms with Crippen molar-refractivity contribution in [1.82, 2.24) is 0 Å². The Labute approximate surface area is 115 Å². The fourth-order valence-corrected chi connectivity index (χ4v) is 1.64. The third kappa shape index (κ3) is 6.94. The molecule has 4 nitrogen and oxygen atoms in total. The van der Waals surface area contributed by atoms with Gasteiger partial charge >= 0.3 is 0 Å². The lowest BCUT2D eigenvalue weighted by molar-refractivity contribution is -0.121. The summed E-state index contributed by atoms with van der Waals surface area (Å²) in [5.74, 6) is -0.141. The summed E-state index contributed by atoms with van der Waals surface area (Å²) in [5.41, 5.74) is 2.11. The highest BCUT2D eigenvalue weighted by Gasteiger charge is 2.02. The van der Waals surface area contributed by atoms with Crippen molar-refractivity contribution in [1.29, 1.82) is 0 Å². The fraction of sp³-hybridized carbons (Fsp3) is 0.533. The minimum Gasteiger partial charge on any atom is -0.382 e. The van der Waals surface area contributed by atoms with Crippen LogP contribution in [0, 0.1) is 0 Å². The molecular formula is C15H23NO3. The standard InChI is InChI=1S/C15H23NO3/c1-3-4-5-13-6-8-14(9-7-13)16-15(17)12-19-11-10-18-2/h6-9H,3-5,10-12H2,1-2H3,(H,16,17). The normalized spacial score (nSPS) is 10.4. The highest BCUT2D eigenvalue weighted by Crippen LogP contribution is 2.11. The van der Waals surface area contributed by atoms with Gasteiger partial charge in [-0.3, -0.25) is 4.79 Å². The number of nitrogens with one attached hydrogen (secondary N) is 1. The van der Waals surface area contributed by atoms with E-state index >= 15 is 0 Å². The van der Waals surface area contributed by atoms with Crippen LogP contribution in [-0.2, 0) is 20.7 Å². The summed E-state index contributed by atoms with van der Waals surface area (Å²) in [6, 6.07) is 7.96. The van der Waals surface area contributed by atoms with E-state index in [1.807, 2.05) is 12.1 Å². The van der Waals surface area contributed by atoms with Crippen LogP contribution in [0.3, 0.4) is 0 Å². The summed E-state index contributed by atoms with van der Waals surface area (Å²) >= 11 is 0. The van der Waals surface area contributed by atoms with Crippen molar-refractivity contribution in [3.8, 4) is 0 Å². The number of carbonyl (C=O) groups excluding carboxylic acids is 1. The molecule has 0 aliphatic rings. The third-order valence-electron chi connectivity index (χ3n) is 2.72. The highest BCUT2D eigenvalue weighted by molar-refractivity contribution is 5.91. The lowest BCUT2D eigenvalue weighted by atomic mass is 10.1. The molecule has 0 unspecified atom stereocenters. The van der Waals surface area contributed by atoms with Gasteiger partial charge in [0.15, 0.2) is 0 Å². The van der Waals surface area contributed by atoms with Crippen LogP contribution in [0.15, 0.2) is 24.3 Å².